The number of hydrogen-bond acceptors (Lipinski definition) is 5. The van der Waals surface area contributed by atoms with Crippen LogP contribution in [0.4, 0.5) is 0 Å². The summed E-state index contributed by atoms with van der Waals surface area (Å²) in [6.07, 6.45) is 0. The van der Waals surface area contributed by atoms with Crippen LogP contribution >= 0.6 is 23.2 Å². The Hall–Kier alpha value is -3.56. The number of amides is 1. The van der Waals surface area contributed by atoms with Crippen molar-refractivity contribution in [3.8, 4) is 17.3 Å². The fourth-order valence-electron chi connectivity index (χ4n) is 3.30. The summed E-state index contributed by atoms with van der Waals surface area (Å²) < 4.78 is 1.37. The van der Waals surface area contributed by atoms with Crippen LogP contribution in [0.3, 0.4) is 0 Å². The molecule has 0 fully saturated rings. The lowest BCUT2D eigenvalue weighted by Gasteiger charge is -2.19. The molecule has 3 rings (SSSR count). The summed E-state index contributed by atoms with van der Waals surface area (Å²) in [7, 11) is 0. The highest BCUT2D eigenvalue weighted by Gasteiger charge is 2.28. The molecule has 0 spiro atoms. The Kier molecular flexibility index (Phi) is 6.42. The lowest BCUT2D eigenvalue weighted by atomic mass is 10.1. The zero-order valence-corrected chi connectivity index (χ0v) is 18.4. The molecule has 166 valence electrons. The van der Waals surface area contributed by atoms with E-state index in [1.165, 1.54) is 18.2 Å². The highest BCUT2D eigenvalue weighted by atomic mass is 35.5. The maximum atomic E-state index is 13.5. The topological polar surface area (TPSA) is 131 Å². The first-order valence-electron chi connectivity index (χ1n) is 9.18. The summed E-state index contributed by atoms with van der Waals surface area (Å²) in [5.74, 6) is -3.50. The third-order valence-corrected chi connectivity index (χ3v) is 5.30. The molecule has 11 heteroatoms. The van der Waals surface area contributed by atoms with Gasteiger partial charge in [-0.1, -0.05) is 47.5 Å². The maximum absolute atomic E-state index is 13.5. The van der Waals surface area contributed by atoms with Gasteiger partial charge in [0.15, 0.2) is 5.56 Å². The van der Waals surface area contributed by atoms with Crippen molar-refractivity contribution in [1.29, 1.82) is 0 Å². The normalized spacial score (nSPS) is 10.8. The third kappa shape index (κ3) is 4.00. The van der Waals surface area contributed by atoms with Gasteiger partial charge in [0, 0.05) is 0 Å². The number of aryl methyl sites for hydroxylation is 2. The van der Waals surface area contributed by atoms with Crippen LogP contribution in [0, 0.1) is 13.8 Å². The van der Waals surface area contributed by atoms with E-state index in [1.54, 1.807) is 32.0 Å². The lowest BCUT2D eigenvalue weighted by Crippen LogP contribution is -2.44. The molecule has 3 N–H and O–H groups in total. The van der Waals surface area contributed by atoms with Gasteiger partial charge in [0.1, 0.15) is 6.54 Å². The molecule has 0 saturated heterocycles. The number of carbonyl (C=O) groups excluding carboxylic acids is 1. The van der Waals surface area contributed by atoms with E-state index in [1.807, 2.05) is 5.32 Å². The zero-order chi connectivity index (χ0) is 23.7. The first kappa shape index (κ1) is 23.1. The number of aromatic hydroxyl groups is 1. The molecule has 0 aliphatic carbocycles. The number of hydrogen-bond donors (Lipinski definition) is 3. The first-order valence-corrected chi connectivity index (χ1v) is 9.93. The predicted octanol–water partition coefficient (Wildman–Crippen LogP) is 2.43. The van der Waals surface area contributed by atoms with Crippen LogP contribution in [0.5, 0.6) is 5.88 Å². The Morgan fingerprint density at radius 1 is 0.938 bits per heavy atom. The molecule has 0 radical (unpaired) electrons. The van der Waals surface area contributed by atoms with Gasteiger partial charge in [0.25, 0.3) is 11.5 Å². The summed E-state index contributed by atoms with van der Waals surface area (Å²) >= 11 is 12.4. The second-order valence-corrected chi connectivity index (χ2v) is 7.66. The van der Waals surface area contributed by atoms with E-state index in [0.717, 1.165) is 4.57 Å². The first-order chi connectivity index (χ1) is 15.1. The Labute approximate surface area is 191 Å². The van der Waals surface area contributed by atoms with Crippen molar-refractivity contribution < 1.29 is 19.8 Å². The molecule has 0 saturated carbocycles. The molecule has 9 nitrogen and oxygen atoms in total. The number of benzene rings is 2. The predicted molar refractivity (Wildman–Crippen MR) is 119 cm³/mol. The number of nitrogens with one attached hydrogen (secondary N) is 1. The molecule has 0 bridgehead atoms. The van der Waals surface area contributed by atoms with Gasteiger partial charge < -0.3 is 15.5 Å². The van der Waals surface area contributed by atoms with Gasteiger partial charge in [-0.3, -0.25) is 14.4 Å². The van der Waals surface area contributed by atoms with Crippen molar-refractivity contribution in [2.75, 3.05) is 6.54 Å². The fraction of sp³-hybridized carbons (Fsp3) is 0.143. The Morgan fingerprint density at radius 2 is 1.47 bits per heavy atom. The number of aromatic nitrogens is 2. The molecule has 3 aromatic rings. The van der Waals surface area contributed by atoms with Crippen molar-refractivity contribution in [3.05, 3.63) is 84.0 Å². The summed E-state index contributed by atoms with van der Waals surface area (Å²) in [6, 6.07) is 9.39. The summed E-state index contributed by atoms with van der Waals surface area (Å²) in [4.78, 5) is 50.2. The lowest BCUT2D eigenvalue weighted by molar-refractivity contribution is -0.135. The Bertz CT molecular complexity index is 1340. The molecule has 32 heavy (non-hydrogen) atoms. The van der Waals surface area contributed by atoms with Crippen LogP contribution in [0.1, 0.15) is 21.5 Å². The second-order valence-electron chi connectivity index (χ2n) is 6.84. The van der Waals surface area contributed by atoms with E-state index in [-0.39, 0.29) is 21.4 Å². The molecule has 1 aromatic heterocycles. The molecule has 1 heterocycles. The van der Waals surface area contributed by atoms with Gasteiger partial charge in [0.05, 0.1) is 21.4 Å². The average molecular weight is 478 g/mol. The highest BCUT2D eigenvalue weighted by Crippen LogP contribution is 2.28. The number of nitrogens with zero attached hydrogens (tertiary/aromatic N) is 2. The minimum absolute atomic E-state index is 0.0488. The van der Waals surface area contributed by atoms with Crippen molar-refractivity contribution in [2.24, 2.45) is 0 Å². The van der Waals surface area contributed by atoms with E-state index in [4.69, 9.17) is 28.3 Å². The largest absolute Gasteiger partial charge is 0.493 e. The van der Waals surface area contributed by atoms with Crippen LogP contribution in [0.2, 0.25) is 10.0 Å². The average Bonchev–Trinajstić information content (AvgIpc) is 2.70. The van der Waals surface area contributed by atoms with Crippen LogP contribution in [-0.4, -0.2) is 37.8 Å². The van der Waals surface area contributed by atoms with E-state index in [2.05, 4.69) is 0 Å². The van der Waals surface area contributed by atoms with E-state index < -0.39 is 41.1 Å². The molecular formula is C21H17Cl2N3O6. The van der Waals surface area contributed by atoms with Crippen LogP contribution in [0.25, 0.3) is 11.4 Å². The van der Waals surface area contributed by atoms with Gasteiger partial charge in [-0.05, 0) is 37.1 Å². The molecule has 0 atom stereocenters. The standard InChI is InChI=1S/C21H17Cl2N3O6/c1-10-5-3-6-11(2)16(10)25-19(30)15(18(29)24-9-14(27)28)20(31)26(21(25)32)17-12(22)7-4-8-13(17)23/h3-8,30H,9H2,1-2H3,(H,24,29)(H,27,28). The van der Waals surface area contributed by atoms with Gasteiger partial charge in [-0.25, -0.2) is 13.9 Å². The highest BCUT2D eigenvalue weighted by molar-refractivity contribution is 6.37. The molecule has 1 amide bonds. The molecule has 0 unspecified atom stereocenters. The number of carbonyl (C=O) groups is 2. The van der Waals surface area contributed by atoms with Crippen molar-refractivity contribution >= 4 is 35.1 Å². The van der Waals surface area contributed by atoms with Crippen LogP contribution in [0.15, 0.2) is 46.0 Å². The Balaban J connectivity index is 2.50. The van der Waals surface area contributed by atoms with Gasteiger partial charge >= 0.3 is 11.7 Å². The number of aliphatic carboxylic acids is 1. The summed E-state index contributed by atoms with van der Waals surface area (Å²) in [5, 5.41) is 21.7. The van der Waals surface area contributed by atoms with Crippen molar-refractivity contribution in [3.63, 3.8) is 0 Å². The molecule has 0 aliphatic rings. The van der Waals surface area contributed by atoms with E-state index >= 15 is 0 Å². The SMILES string of the molecule is Cc1cccc(C)c1-n1c(O)c(C(=O)NCC(=O)O)c(=O)n(-c2c(Cl)cccc2Cl)c1=O. The number of halogens is 2. The molecule has 2 aromatic carbocycles. The van der Waals surface area contributed by atoms with Crippen molar-refractivity contribution in [1.82, 2.24) is 14.5 Å². The molecular weight excluding hydrogens is 461 g/mol. The minimum atomic E-state index is -1.37. The summed E-state index contributed by atoms with van der Waals surface area (Å²) in [6.45, 7) is 2.54. The van der Waals surface area contributed by atoms with E-state index in [0.29, 0.717) is 15.7 Å². The van der Waals surface area contributed by atoms with Crippen LogP contribution < -0.4 is 16.6 Å². The smallest absolute Gasteiger partial charge is 0.343 e. The Morgan fingerprint density at radius 3 is 2.00 bits per heavy atom. The van der Waals surface area contributed by atoms with E-state index in [9.17, 15) is 24.3 Å². The quantitative estimate of drug-likeness (QED) is 0.517. The minimum Gasteiger partial charge on any atom is -0.493 e. The molecule has 0 aliphatic heterocycles. The maximum Gasteiger partial charge on any atom is 0.343 e. The fourth-order valence-corrected chi connectivity index (χ4v) is 3.87. The van der Waals surface area contributed by atoms with Crippen LogP contribution in [-0.2, 0) is 4.79 Å². The zero-order valence-electron chi connectivity index (χ0n) is 16.8. The van der Waals surface area contributed by atoms with Gasteiger partial charge in [-0.2, -0.15) is 0 Å². The van der Waals surface area contributed by atoms with Gasteiger partial charge in [-0.15, -0.1) is 0 Å². The third-order valence-electron chi connectivity index (χ3n) is 4.69. The monoisotopic (exact) mass is 477 g/mol. The summed E-state index contributed by atoms with van der Waals surface area (Å²) in [5.41, 5.74) is -1.89. The second kappa shape index (κ2) is 8.89. The number of rotatable bonds is 5. The number of carboxylic acids is 1. The number of para-hydroxylation sites is 2. The van der Waals surface area contributed by atoms with Crippen molar-refractivity contribution in [2.45, 2.75) is 13.8 Å². The van der Waals surface area contributed by atoms with Gasteiger partial charge in [0.2, 0.25) is 5.88 Å². The number of carboxylic acid groups (broad SMARTS) is 1.